The van der Waals surface area contributed by atoms with E-state index in [0.29, 0.717) is 0 Å². The van der Waals surface area contributed by atoms with Crippen molar-refractivity contribution in [3.63, 3.8) is 0 Å². The number of rotatable bonds is 2. The first kappa shape index (κ1) is 3.20. The first-order valence-corrected chi connectivity index (χ1v) is 2.19. The molecule has 0 aromatic heterocycles. The Kier molecular flexibility index (Phi) is 2.56. The first-order valence-electron chi connectivity index (χ1n) is 2.77. The van der Waals surface area contributed by atoms with Gasteiger partial charge in [-0.2, -0.15) is 0 Å². The Bertz CT molecular complexity index is 25.1. The average Bonchev–Trinajstić information content (AvgIpc) is 1.35. The largest absolute Gasteiger partial charge is 0.0654 e. The first-order chi connectivity index (χ1) is 2.77. The third kappa shape index (κ3) is 4.00. The second-order valence-electron chi connectivity index (χ2n) is 1.20. The van der Waals surface area contributed by atoms with E-state index in [-0.39, 0.29) is 6.40 Å². The SMILES string of the molecule is [3H]C(C)CCC. The van der Waals surface area contributed by atoms with Gasteiger partial charge in [0.05, 0.1) is 0 Å². The Morgan fingerprint density at radius 1 is 1.60 bits per heavy atom. The summed E-state index contributed by atoms with van der Waals surface area (Å²) < 4.78 is 6.98. The van der Waals surface area contributed by atoms with Crippen LogP contribution in [0.3, 0.4) is 0 Å². The minimum atomic E-state index is 0.148. The van der Waals surface area contributed by atoms with E-state index in [2.05, 4.69) is 6.92 Å². The Hall–Kier alpha value is 0. The molecule has 1 atom stereocenters. The smallest absolute Gasteiger partial charge is 0.0264 e. The highest BCUT2D eigenvalue weighted by molar-refractivity contribution is 4.24. The maximum absolute atomic E-state index is 6.98. The maximum Gasteiger partial charge on any atom is 0.0264 e. The van der Waals surface area contributed by atoms with E-state index < -0.39 is 0 Å². The zero-order chi connectivity index (χ0) is 4.99. The second-order valence-corrected chi connectivity index (χ2v) is 1.20. The Morgan fingerprint density at radius 2 is 2.20 bits per heavy atom. The van der Waals surface area contributed by atoms with E-state index in [1.165, 1.54) is 0 Å². The summed E-state index contributed by atoms with van der Waals surface area (Å²) in [6.45, 7) is 4.02. The fourth-order valence-corrected chi connectivity index (χ4v) is 0.289. The molecular weight excluding hydrogens is 60.1 g/mol. The lowest BCUT2D eigenvalue weighted by Gasteiger charge is -1.79. The van der Waals surface area contributed by atoms with Gasteiger partial charge in [-0.3, -0.25) is 0 Å². The molecule has 0 saturated carbocycles. The second kappa shape index (κ2) is 4.00. The van der Waals surface area contributed by atoms with Gasteiger partial charge in [0.25, 0.3) is 0 Å². The van der Waals surface area contributed by atoms with Crippen LogP contribution in [0.15, 0.2) is 0 Å². The van der Waals surface area contributed by atoms with Crippen molar-refractivity contribution in [3.05, 3.63) is 0 Å². The molecule has 0 aliphatic rings. The lowest BCUT2D eigenvalue weighted by atomic mass is 10.3. The highest BCUT2D eigenvalue weighted by Gasteiger charge is 1.68. The summed E-state index contributed by atoms with van der Waals surface area (Å²) in [4.78, 5) is 0. The van der Waals surface area contributed by atoms with E-state index in [0.717, 1.165) is 12.8 Å². The Labute approximate surface area is 35.6 Å². The summed E-state index contributed by atoms with van der Waals surface area (Å²) in [7, 11) is 0. The van der Waals surface area contributed by atoms with E-state index >= 15 is 0 Å². The molecule has 0 aromatic rings. The fourth-order valence-electron chi connectivity index (χ4n) is 0.289. The molecule has 0 spiro atoms. The minimum Gasteiger partial charge on any atom is -0.0654 e. The predicted molar refractivity (Wildman–Crippen MR) is 25.2 cm³/mol. The quantitative estimate of drug-likeness (QED) is 0.471. The minimum absolute atomic E-state index is 0.148. The van der Waals surface area contributed by atoms with Crippen molar-refractivity contribution < 1.29 is 1.37 Å². The lowest BCUT2D eigenvalue weighted by molar-refractivity contribution is 0.772. The van der Waals surface area contributed by atoms with Gasteiger partial charge >= 0.3 is 0 Å². The topological polar surface area (TPSA) is 0 Å². The van der Waals surface area contributed by atoms with Crippen molar-refractivity contribution in [2.75, 3.05) is 0 Å². The van der Waals surface area contributed by atoms with Gasteiger partial charge < -0.3 is 0 Å². The molecule has 0 N–H and O–H groups in total. The van der Waals surface area contributed by atoms with Crippen molar-refractivity contribution in [2.45, 2.75) is 33.1 Å². The van der Waals surface area contributed by atoms with E-state index in [4.69, 9.17) is 1.37 Å². The lowest BCUT2D eigenvalue weighted by Crippen LogP contribution is -1.59. The van der Waals surface area contributed by atoms with Crippen LogP contribution in [0.1, 0.15) is 34.5 Å². The Morgan fingerprint density at radius 3 is 2.20 bits per heavy atom. The third-order valence-electron chi connectivity index (χ3n) is 0.577. The molecule has 0 heterocycles. The molecule has 5 heavy (non-hydrogen) atoms. The highest BCUT2D eigenvalue weighted by Crippen LogP contribution is 1.88. The molecule has 0 aliphatic heterocycles. The van der Waals surface area contributed by atoms with Gasteiger partial charge in [-0.15, -0.1) is 0 Å². The van der Waals surface area contributed by atoms with E-state index in [9.17, 15) is 0 Å². The van der Waals surface area contributed by atoms with Crippen LogP contribution in [0.2, 0.25) is 0 Å². The summed E-state index contributed by atoms with van der Waals surface area (Å²) in [6, 6.07) is 0. The predicted octanol–water partition coefficient (Wildman–Crippen LogP) is 2.20. The molecule has 0 nitrogen and oxygen atoms in total. The molecule has 0 bridgehead atoms. The maximum atomic E-state index is 6.98. The molecular formula is C5H12. The van der Waals surface area contributed by atoms with Crippen molar-refractivity contribution in [1.82, 2.24) is 0 Å². The van der Waals surface area contributed by atoms with E-state index in [1.54, 1.807) is 0 Å². The number of hydrogen-bond acceptors (Lipinski definition) is 0. The van der Waals surface area contributed by atoms with Crippen LogP contribution in [0.25, 0.3) is 0 Å². The van der Waals surface area contributed by atoms with Crippen LogP contribution >= 0.6 is 0 Å². The van der Waals surface area contributed by atoms with E-state index in [1.807, 2.05) is 6.92 Å². The molecule has 0 aromatic carbocycles. The van der Waals surface area contributed by atoms with Gasteiger partial charge in [0, 0.05) is 1.37 Å². The highest BCUT2D eigenvalue weighted by atomic mass is 13.7. The molecule has 0 heteroatoms. The number of hydrogen-bond donors (Lipinski definition) is 0. The van der Waals surface area contributed by atoms with Crippen LogP contribution in [-0.2, 0) is 0 Å². The molecule has 32 valence electrons. The molecule has 0 amide bonds. The van der Waals surface area contributed by atoms with Gasteiger partial charge in [-0.05, 0) is 0 Å². The Balaban J connectivity index is 2.63. The molecule has 0 saturated heterocycles. The van der Waals surface area contributed by atoms with Crippen molar-refractivity contribution >= 4 is 0 Å². The zero-order valence-electron chi connectivity index (χ0n) is 4.99. The summed E-state index contributed by atoms with van der Waals surface area (Å²) >= 11 is 0. The van der Waals surface area contributed by atoms with Gasteiger partial charge in [0.2, 0.25) is 0 Å². The molecule has 0 fully saturated rings. The summed E-state index contributed by atoms with van der Waals surface area (Å²) in [6.07, 6.45) is 2.33. The van der Waals surface area contributed by atoms with Crippen LogP contribution in [0.5, 0.6) is 0 Å². The normalized spacial score (nSPS) is 17.6. The third-order valence-corrected chi connectivity index (χ3v) is 0.577. The summed E-state index contributed by atoms with van der Waals surface area (Å²) in [5.41, 5.74) is 0. The zero-order valence-corrected chi connectivity index (χ0v) is 3.99. The monoisotopic (exact) mass is 74.1 g/mol. The molecule has 0 aliphatic carbocycles. The average molecular weight is 74.2 g/mol. The molecule has 0 radical (unpaired) electrons. The summed E-state index contributed by atoms with van der Waals surface area (Å²) in [5, 5.41) is 0. The van der Waals surface area contributed by atoms with Gasteiger partial charge in [0.1, 0.15) is 0 Å². The van der Waals surface area contributed by atoms with Crippen LogP contribution < -0.4 is 0 Å². The van der Waals surface area contributed by atoms with Crippen molar-refractivity contribution in [1.29, 1.82) is 0 Å². The van der Waals surface area contributed by atoms with Crippen LogP contribution in [0, 0.1) is 0 Å². The standard InChI is InChI=1S/C5H12/c1-3-5-4-2/h3-5H2,1-2H3/i3T. The van der Waals surface area contributed by atoms with Crippen LogP contribution in [-0.4, -0.2) is 0 Å². The van der Waals surface area contributed by atoms with Crippen molar-refractivity contribution in [2.24, 2.45) is 0 Å². The molecule has 1 unspecified atom stereocenters. The molecule has 0 rings (SSSR count). The van der Waals surface area contributed by atoms with Gasteiger partial charge in [-0.25, -0.2) is 0 Å². The van der Waals surface area contributed by atoms with Crippen molar-refractivity contribution in [3.8, 4) is 0 Å². The van der Waals surface area contributed by atoms with Gasteiger partial charge in [0.15, 0.2) is 0 Å². The van der Waals surface area contributed by atoms with Gasteiger partial charge in [-0.1, -0.05) is 33.1 Å². The fraction of sp³-hybridized carbons (Fsp3) is 1.00. The van der Waals surface area contributed by atoms with Crippen LogP contribution in [0.4, 0.5) is 0 Å². The summed E-state index contributed by atoms with van der Waals surface area (Å²) in [5.74, 6) is 0.